The van der Waals surface area contributed by atoms with Gasteiger partial charge in [0.1, 0.15) is 5.01 Å². The van der Waals surface area contributed by atoms with Crippen LogP contribution in [-0.2, 0) is 6.54 Å². The first kappa shape index (κ1) is 16.2. The minimum Gasteiger partial charge on any atom is -0.356 e. The average Bonchev–Trinajstić information content (AvgIpc) is 3.06. The van der Waals surface area contributed by atoms with E-state index >= 15 is 0 Å². The first-order valence-corrected chi connectivity index (χ1v) is 8.53. The minimum absolute atomic E-state index is 0.729. The molecule has 0 bridgehead atoms. The van der Waals surface area contributed by atoms with Crippen molar-refractivity contribution in [3.63, 3.8) is 0 Å². The summed E-state index contributed by atoms with van der Waals surface area (Å²) >= 11 is 1.75. The number of likely N-dealkylation sites (tertiary alicyclic amines) is 1. The molecule has 118 valence electrons. The van der Waals surface area contributed by atoms with Crippen molar-refractivity contribution in [3.8, 4) is 0 Å². The first-order chi connectivity index (χ1) is 10.1. The molecule has 0 amide bonds. The lowest BCUT2D eigenvalue weighted by molar-refractivity contribution is 0.342. The van der Waals surface area contributed by atoms with E-state index in [2.05, 4.69) is 46.3 Å². The highest BCUT2D eigenvalue weighted by Gasteiger charge is 2.20. The highest BCUT2D eigenvalue weighted by molar-refractivity contribution is 7.11. The molecule has 0 saturated carbocycles. The predicted octanol–water partition coefficient (Wildman–Crippen LogP) is 1.77. The van der Waals surface area contributed by atoms with E-state index in [0.29, 0.717) is 0 Å². The van der Waals surface area contributed by atoms with Gasteiger partial charge in [-0.25, -0.2) is 4.98 Å². The summed E-state index contributed by atoms with van der Waals surface area (Å²) in [5.41, 5.74) is 1.13. The van der Waals surface area contributed by atoms with E-state index in [9.17, 15) is 0 Å². The summed E-state index contributed by atoms with van der Waals surface area (Å²) in [5.74, 6) is 1.60. The number of aryl methyl sites for hydroxylation is 2. The number of hydrogen-bond donors (Lipinski definition) is 2. The molecule has 0 aromatic carbocycles. The molecule has 1 aliphatic rings. The number of nitrogens with one attached hydrogen (secondary N) is 2. The van der Waals surface area contributed by atoms with Crippen molar-refractivity contribution in [3.05, 3.63) is 15.6 Å². The largest absolute Gasteiger partial charge is 0.356 e. The lowest BCUT2D eigenvalue weighted by Gasteiger charge is -2.16. The van der Waals surface area contributed by atoms with Crippen molar-refractivity contribution in [2.75, 3.05) is 33.2 Å². The maximum atomic E-state index is 4.54. The van der Waals surface area contributed by atoms with Gasteiger partial charge >= 0.3 is 0 Å². The normalized spacial score (nSPS) is 20.0. The minimum atomic E-state index is 0.729. The van der Waals surface area contributed by atoms with Crippen LogP contribution in [0.3, 0.4) is 0 Å². The lowest BCUT2D eigenvalue weighted by atomic mass is 10.1. The van der Waals surface area contributed by atoms with E-state index < -0.39 is 0 Å². The fourth-order valence-electron chi connectivity index (χ4n) is 2.60. The standard InChI is InChI=1S/C15H27N5S/c1-5-20-7-6-13(10-20)8-17-15(16-4)18-9-14-19-11(2)12(3)21-14/h13H,5-10H2,1-4H3,(H2,16,17,18). The molecule has 5 nitrogen and oxygen atoms in total. The number of guanidine groups is 1. The van der Waals surface area contributed by atoms with Crippen molar-refractivity contribution >= 4 is 17.3 Å². The Morgan fingerprint density at radius 3 is 2.81 bits per heavy atom. The second-order valence-electron chi connectivity index (χ2n) is 5.60. The SMILES string of the molecule is CCN1CCC(CNC(=NC)NCc2nc(C)c(C)s2)C1. The van der Waals surface area contributed by atoms with E-state index in [4.69, 9.17) is 0 Å². The van der Waals surface area contributed by atoms with Gasteiger partial charge in [0.15, 0.2) is 5.96 Å². The van der Waals surface area contributed by atoms with Crippen LogP contribution in [0.4, 0.5) is 0 Å². The van der Waals surface area contributed by atoms with Crippen LogP contribution in [-0.4, -0.2) is 49.1 Å². The summed E-state index contributed by atoms with van der Waals surface area (Å²) in [4.78, 5) is 12.6. The molecular weight excluding hydrogens is 282 g/mol. The molecule has 2 N–H and O–H groups in total. The lowest BCUT2D eigenvalue weighted by Crippen LogP contribution is -2.39. The molecule has 1 aromatic heterocycles. The zero-order chi connectivity index (χ0) is 15.2. The number of rotatable bonds is 5. The van der Waals surface area contributed by atoms with E-state index in [1.807, 2.05) is 7.05 Å². The van der Waals surface area contributed by atoms with Crippen molar-refractivity contribution in [1.29, 1.82) is 0 Å². The summed E-state index contributed by atoms with van der Waals surface area (Å²) < 4.78 is 0. The van der Waals surface area contributed by atoms with E-state index in [-0.39, 0.29) is 0 Å². The molecule has 0 radical (unpaired) electrons. The van der Waals surface area contributed by atoms with Gasteiger partial charge in [-0.05, 0) is 39.3 Å². The molecule has 2 heterocycles. The van der Waals surface area contributed by atoms with Gasteiger partial charge in [-0.1, -0.05) is 6.92 Å². The Hall–Kier alpha value is -1.14. The van der Waals surface area contributed by atoms with E-state index in [1.165, 1.54) is 24.4 Å². The Morgan fingerprint density at radius 2 is 2.24 bits per heavy atom. The van der Waals surface area contributed by atoms with Crippen LogP contribution in [0.2, 0.25) is 0 Å². The maximum absolute atomic E-state index is 4.54. The molecule has 1 unspecified atom stereocenters. The number of aromatic nitrogens is 1. The van der Waals surface area contributed by atoms with Gasteiger partial charge in [0.2, 0.25) is 0 Å². The molecule has 0 aliphatic carbocycles. The zero-order valence-corrected chi connectivity index (χ0v) is 14.4. The van der Waals surface area contributed by atoms with Gasteiger partial charge in [-0.3, -0.25) is 4.99 Å². The molecule has 1 aromatic rings. The topological polar surface area (TPSA) is 52.5 Å². The third-order valence-corrected chi connectivity index (χ3v) is 5.15. The Morgan fingerprint density at radius 1 is 1.43 bits per heavy atom. The summed E-state index contributed by atoms with van der Waals surface area (Å²) in [6.07, 6.45) is 1.28. The summed E-state index contributed by atoms with van der Waals surface area (Å²) in [6.45, 7) is 11.7. The van der Waals surface area contributed by atoms with Crippen LogP contribution >= 0.6 is 11.3 Å². The summed E-state index contributed by atoms with van der Waals surface area (Å²) in [6, 6.07) is 0. The van der Waals surface area contributed by atoms with Crippen LogP contribution in [0.5, 0.6) is 0 Å². The Labute approximate surface area is 131 Å². The first-order valence-electron chi connectivity index (χ1n) is 7.72. The highest BCUT2D eigenvalue weighted by Crippen LogP contribution is 2.16. The van der Waals surface area contributed by atoms with Crippen molar-refractivity contribution in [2.45, 2.75) is 33.7 Å². The zero-order valence-electron chi connectivity index (χ0n) is 13.6. The Kier molecular flexibility index (Phi) is 5.99. The number of thiazole rings is 1. The monoisotopic (exact) mass is 309 g/mol. The van der Waals surface area contributed by atoms with Crippen molar-refractivity contribution in [1.82, 2.24) is 20.5 Å². The van der Waals surface area contributed by atoms with Crippen molar-refractivity contribution < 1.29 is 0 Å². The molecule has 1 aliphatic heterocycles. The number of hydrogen-bond acceptors (Lipinski definition) is 4. The van der Waals surface area contributed by atoms with Crippen LogP contribution in [0.15, 0.2) is 4.99 Å². The third-order valence-electron chi connectivity index (χ3n) is 4.08. The smallest absolute Gasteiger partial charge is 0.191 e. The molecule has 1 saturated heterocycles. The van der Waals surface area contributed by atoms with E-state index in [0.717, 1.165) is 42.2 Å². The van der Waals surface area contributed by atoms with Crippen LogP contribution < -0.4 is 10.6 Å². The fourth-order valence-corrected chi connectivity index (χ4v) is 3.48. The fraction of sp³-hybridized carbons (Fsp3) is 0.733. The van der Waals surface area contributed by atoms with Crippen LogP contribution in [0.25, 0.3) is 0 Å². The van der Waals surface area contributed by atoms with Gasteiger partial charge in [-0.2, -0.15) is 0 Å². The molecule has 21 heavy (non-hydrogen) atoms. The second kappa shape index (κ2) is 7.75. The predicted molar refractivity (Wildman–Crippen MR) is 90.0 cm³/mol. The Balaban J connectivity index is 1.73. The summed E-state index contributed by atoms with van der Waals surface area (Å²) in [5, 5.41) is 7.90. The van der Waals surface area contributed by atoms with Crippen molar-refractivity contribution in [2.24, 2.45) is 10.9 Å². The average molecular weight is 309 g/mol. The van der Waals surface area contributed by atoms with Gasteiger partial charge in [0.25, 0.3) is 0 Å². The highest BCUT2D eigenvalue weighted by atomic mass is 32.1. The molecule has 2 rings (SSSR count). The summed E-state index contributed by atoms with van der Waals surface area (Å²) in [7, 11) is 1.82. The van der Waals surface area contributed by atoms with Gasteiger partial charge in [0, 0.05) is 25.0 Å². The van der Waals surface area contributed by atoms with Crippen LogP contribution in [0, 0.1) is 19.8 Å². The quantitative estimate of drug-likeness (QED) is 0.643. The molecular formula is C15H27N5S. The number of nitrogens with zero attached hydrogens (tertiary/aromatic N) is 3. The maximum Gasteiger partial charge on any atom is 0.191 e. The van der Waals surface area contributed by atoms with Gasteiger partial charge in [-0.15, -0.1) is 11.3 Å². The molecule has 1 fully saturated rings. The molecule has 0 spiro atoms. The molecule has 1 atom stereocenters. The van der Waals surface area contributed by atoms with Gasteiger partial charge < -0.3 is 15.5 Å². The van der Waals surface area contributed by atoms with Crippen LogP contribution in [0.1, 0.15) is 28.9 Å². The Bertz CT molecular complexity index is 463. The molecule has 6 heteroatoms. The number of aliphatic imine (C=N–C) groups is 1. The second-order valence-corrected chi connectivity index (χ2v) is 6.89. The van der Waals surface area contributed by atoms with E-state index in [1.54, 1.807) is 11.3 Å². The van der Waals surface area contributed by atoms with Gasteiger partial charge in [0.05, 0.1) is 12.2 Å². The third kappa shape index (κ3) is 4.68.